The Morgan fingerprint density at radius 1 is 1.29 bits per heavy atom. The van der Waals surface area contributed by atoms with E-state index < -0.39 is 6.36 Å². The summed E-state index contributed by atoms with van der Waals surface area (Å²) in [6.45, 7) is 4.03. The highest BCUT2D eigenvalue weighted by Gasteiger charge is 2.31. The number of hydrogen-bond donors (Lipinski definition) is 1. The minimum absolute atomic E-state index is 0.0753. The highest BCUT2D eigenvalue weighted by Crippen LogP contribution is 2.34. The summed E-state index contributed by atoms with van der Waals surface area (Å²) in [7, 11) is 0. The van der Waals surface area contributed by atoms with Crippen molar-refractivity contribution in [2.45, 2.75) is 26.3 Å². The van der Waals surface area contributed by atoms with Crippen LogP contribution in [0.5, 0.6) is 5.75 Å². The molecule has 114 valence electrons. The Morgan fingerprint density at radius 3 is 2.52 bits per heavy atom. The number of aryl methyl sites for hydroxylation is 1. The van der Waals surface area contributed by atoms with Crippen LogP contribution in [0.25, 0.3) is 0 Å². The van der Waals surface area contributed by atoms with Crippen LogP contribution in [-0.4, -0.2) is 6.36 Å². The van der Waals surface area contributed by atoms with Gasteiger partial charge in [0.15, 0.2) is 0 Å². The second kappa shape index (κ2) is 6.27. The summed E-state index contributed by atoms with van der Waals surface area (Å²) < 4.78 is 40.8. The number of thiophene rings is 1. The van der Waals surface area contributed by atoms with Gasteiger partial charge in [0.25, 0.3) is 0 Å². The van der Waals surface area contributed by atoms with Gasteiger partial charge in [-0.3, -0.25) is 0 Å². The Kier molecular flexibility index (Phi) is 4.83. The molecule has 1 N–H and O–H groups in total. The second-order valence-electron chi connectivity index (χ2n) is 4.53. The zero-order valence-corrected chi connectivity index (χ0v) is 13.7. The predicted molar refractivity (Wildman–Crippen MR) is 81.9 cm³/mol. The molecule has 0 aliphatic heterocycles. The van der Waals surface area contributed by atoms with Crippen molar-refractivity contribution in [2.24, 2.45) is 0 Å². The minimum atomic E-state index is -4.70. The molecule has 21 heavy (non-hydrogen) atoms. The van der Waals surface area contributed by atoms with E-state index in [1.54, 1.807) is 23.5 Å². The number of benzene rings is 1. The molecule has 1 aromatic heterocycles. The van der Waals surface area contributed by atoms with E-state index in [-0.39, 0.29) is 16.3 Å². The largest absolute Gasteiger partial charge is 0.573 e. The minimum Gasteiger partial charge on any atom is -0.405 e. The van der Waals surface area contributed by atoms with E-state index in [0.717, 1.165) is 5.69 Å². The van der Waals surface area contributed by atoms with Crippen LogP contribution in [0.15, 0.2) is 34.1 Å². The topological polar surface area (TPSA) is 21.3 Å². The lowest BCUT2D eigenvalue weighted by Gasteiger charge is -2.17. The molecule has 2 nitrogen and oxygen atoms in total. The number of hydrogen-bond acceptors (Lipinski definition) is 3. The summed E-state index contributed by atoms with van der Waals surface area (Å²) >= 11 is 4.73. The van der Waals surface area contributed by atoms with Gasteiger partial charge >= 0.3 is 6.36 Å². The summed E-state index contributed by atoms with van der Waals surface area (Å²) in [6, 6.07) is 6.53. The Balaban J connectivity index is 2.12. The van der Waals surface area contributed by atoms with E-state index in [0.29, 0.717) is 0 Å². The number of alkyl halides is 3. The number of rotatable bonds is 4. The first-order valence-corrected chi connectivity index (χ1v) is 7.79. The fourth-order valence-electron chi connectivity index (χ4n) is 1.94. The van der Waals surface area contributed by atoms with Crippen molar-refractivity contribution in [3.05, 3.63) is 44.6 Å². The van der Waals surface area contributed by atoms with Gasteiger partial charge in [0.1, 0.15) is 5.75 Å². The van der Waals surface area contributed by atoms with Crippen molar-refractivity contribution in [1.82, 2.24) is 0 Å². The Morgan fingerprint density at radius 2 is 2.00 bits per heavy atom. The van der Waals surface area contributed by atoms with Crippen LogP contribution in [0.4, 0.5) is 18.9 Å². The van der Waals surface area contributed by atoms with E-state index in [2.05, 4.69) is 26.0 Å². The predicted octanol–water partition coefficient (Wildman–Crippen LogP) is 5.89. The van der Waals surface area contributed by atoms with Gasteiger partial charge in [-0.05, 0) is 65.0 Å². The number of ether oxygens (including phenoxy) is 1. The first-order chi connectivity index (χ1) is 9.76. The zero-order valence-electron chi connectivity index (χ0n) is 11.3. The molecule has 1 unspecified atom stereocenters. The Bertz CT molecular complexity index is 627. The molecule has 0 saturated heterocycles. The molecule has 0 fully saturated rings. The normalized spacial score (nSPS) is 13.0. The van der Waals surface area contributed by atoms with E-state index in [1.807, 2.05) is 25.3 Å². The standard InChI is InChI=1S/C14H13BrF3NOS/c1-8-5-6-21-13(8)9(2)19-10-3-4-12(11(15)7-10)20-14(16,17)18/h3-7,9,19H,1-2H3. The van der Waals surface area contributed by atoms with Crippen molar-refractivity contribution in [1.29, 1.82) is 0 Å². The van der Waals surface area contributed by atoms with E-state index in [4.69, 9.17) is 0 Å². The van der Waals surface area contributed by atoms with Gasteiger partial charge in [-0.1, -0.05) is 0 Å². The van der Waals surface area contributed by atoms with Gasteiger partial charge in [0, 0.05) is 10.6 Å². The molecular formula is C14H13BrF3NOS. The number of nitrogens with one attached hydrogen (secondary N) is 1. The molecule has 0 saturated carbocycles. The summed E-state index contributed by atoms with van der Waals surface area (Å²) in [5.74, 6) is -0.256. The van der Waals surface area contributed by atoms with Crippen molar-refractivity contribution >= 4 is 33.0 Å². The second-order valence-corrected chi connectivity index (χ2v) is 6.33. The number of halogens is 4. The molecule has 2 aromatic rings. The average molecular weight is 380 g/mol. The van der Waals surface area contributed by atoms with Crippen molar-refractivity contribution < 1.29 is 17.9 Å². The molecule has 7 heteroatoms. The van der Waals surface area contributed by atoms with Crippen LogP contribution in [0.2, 0.25) is 0 Å². The van der Waals surface area contributed by atoms with Crippen LogP contribution in [0.1, 0.15) is 23.4 Å². The Hall–Kier alpha value is -1.21. The molecule has 0 radical (unpaired) electrons. The Labute approximate surface area is 133 Å². The summed E-state index contributed by atoms with van der Waals surface area (Å²) in [4.78, 5) is 1.20. The van der Waals surface area contributed by atoms with Crippen LogP contribution in [-0.2, 0) is 0 Å². The van der Waals surface area contributed by atoms with E-state index in [9.17, 15) is 13.2 Å². The van der Waals surface area contributed by atoms with Crippen LogP contribution < -0.4 is 10.1 Å². The van der Waals surface area contributed by atoms with Gasteiger partial charge in [0.05, 0.1) is 10.5 Å². The molecule has 2 rings (SSSR count). The quantitative estimate of drug-likeness (QED) is 0.714. The molecule has 0 amide bonds. The summed E-state index contributed by atoms with van der Waals surface area (Å²) in [6.07, 6.45) is -4.70. The van der Waals surface area contributed by atoms with Gasteiger partial charge in [-0.15, -0.1) is 24.5 Å². The third-order valence-electron chi connectivity index (χ3n) is 2.84. The molecule has 1 aromatic carbocycles. The summed E-state index contributed by atoms with van der Waals surface area (Å²) in [5.41, 5.74) is 1.91. The zero-order chi connectivity index (χ0) is 15.6. The lowest BCUT2D eigenvalue weighted by Crippen LogP contribution is -2.17. The highest BCUT2D eigenvalue weighted by atomic mass is 79.9. The maximum Gasteiger partial charge on any atom is 0.573 e. The van der Waals surface area contributed by atoms with Crippen LogP contribution in [0, 0.1) is 6.92 Å². The van der Waals surface area contributed by atoms with Crippen LogP contribution >= 0.6 is 27.3 Å². The van der Waals surface area contributed by atoms with Gasteiger partial charge in [-0.2, -0.15) is 0 Å². The van der Waals surface area contributed by atoms with Crippen molar-refractivity contribution in [2.75, 3.05) is 5.32 Å². The maximum absolute atomic E-state index is 12.2. The molecule has 0 bridgehead atoms. The third-order valence-corrected chi connectivity index (χ3v) is 4.66. The monoisotopic (exact) mass is 379 g/mol. The lowest BCUT2D eigenvalue weighted by atomic mass is 10.2. The fraction of sp³-hybridized carbons (Fsp3) is 0.286. The van der Waals surface area contributed by atoms with Gasteiger partial charge in [-0.25, -0.2) is 0 Å². The first kappa shape index (κ1) is 16.2. The summed E-state index contributed by atoms with van der Waals surface area (Å²) in [5, 5.41) is 5.27. The van der Waals surface area contributed by atoms with Gasteiger partial charge in [0.2, 0.25) is 0 Å². The lowest BCUT2D eigenvalue weighted by molar-refractivity contribution is -0.274. The molecule has 0 spiro atoms. The SMILES string of the molecule is Cc1ccsc1C(C)Nc1ccc(OC(F)(F)F)c(Br)c1. The molecule has 1 heterocycles. The molecular weight excluding hydrogens is 367 g/mol. The first-order valence-electron chi connectivity index (χ1n) is 6.12. The third kappa shape index (κ3) is 4.38. The average Bonchev–Trinajstić information content (AvgIpc) is 2.77. The van der Waals surface area contributed by atoms with E-state index in [1.165, 1.54) is 16.5 Å². The molecule has 1 atom stereocenters. The van der Waals surface area contributed by atoms with Crippen molar-refractivity contribution in [3.63, 3.8) is 0 Å². The molecule has 0 aliphatic rings. The highest BCUT2D eigenvalue weighted by molar-refractivity contribution is 9.10. The van der Waals surface area contributed by atoms with Crippen molar-refractivity contribution in [3.8, 4) is 5.75 Å². The fourth-order valence-corrected chi connectivity index (χ4v) is 3.34. The van der Waals surface area contributed by atoms with E-state index >= 15 is 0 Å². The smallest absolute Gasteiger partial charge is 0.405 e. The number of anilines is 1. The van der Waals surface area contributed by atoms with Gasteiger partial charge < -0.3 is 10.1 Å². The van der Waals surface area contributed by atoms with Crippen LogP contribution in [0.3, 0.4) is 0 Å². The maximum atomic E-state index is 12.2. The molecule has 0 aliphatic carbocycles.